The Kier molecular flexibility index (Phi) is 6.45. The monoisotopic (exact) mass is 407 g/mol. The van der Waals surface area contributed by atoms with E-state index < -0.39 is 5.82 Å². The van der Waals surface area contributed by atoms with Gasteiger partial charge in [-0.15, -0.1) is 0 Å². The second-order valence-corrected chi connectivity index (χ2v) is 6.17. The normalized spacial score (nSPS) is 10.5. The third-order valence-electron chi connectivity index (χ3n) is 2.99. The van der Waals surface area contributed by atoms with E-state index in [4.69, 9.17) is 12.2 Å². The predicted molar refractivity (Wildman–Crippen MR) is 102 cm³/mol. The highest BCUT2D eigenvalue weighted by molar-refractivity contribution is 9.10. The first-order valence-corrected chi connectivity index (χ1v) is 8.21. The minimum atomic E-state index is -0.433. The fourth-order valence-electron chi connectivity index (χ4n) is 1.81. The lowest BCUT2D eigenvalue weighted by Gasteiger charge is -2.11. The summed E-state index contributed by atoms with van der Waals surface area (Å²) in [5.74, 6) is -0.822. The van der Waals surface area contributed by atoms with Crippen LogP contribution in [0.25, 0.3) is 6.08 Å². The summed E-state index contributed by atoms with van der Waals surface area (Å²) in [7, 11) is 0. The lowest BCUT2D eigenvalue weighted by Crippen LogP contribution is -2.43. The van der Waals surface area contributed by atoms with Gasteiger partial charge < -0.3 is 5.32 Å². The number of thiocarbonyl (C=S) groups is 1. The number of amides is 1. The third-order valence-corrected chi connectivity index (χ3v) is 3.88. The van der Waals surface area contributed by atoms with Crippen molar-refractivity contribution in [2.24, 2.45) is 0 Å². The molecule has 0 saturated heterocycles. The summed E-state index contributed by atoms with van der Waals surface area (Å²) in [6, 6.07) is 11.9. The summed E-state index contributed by atoms with van der Waals surface area (Å²) in [5, 5.41) is 2.74. The molecule has 4 nitrogen and oxygen atoms in total. The number of para-hydroxylation sites is 1. The summed E-state index contributed by atoms with van der Waals surface area (Å²) in [5.41, 5.74) is 7.14. The van der Waals surface area contributed by atoms with E-state index in [2.05, 4.69) is 32.1 Å². The van der Waals surface area contributed by atoms with Crippen molar-refractivity contribution in [3.8, 4) is 0 Å². The smallest absolute Gasteiger partial charge is 0.262 e. The van der Waals surface area contributed by atoms with E-state index >= 15 is 0 Å². The maximum Gasteiger partial charge on any atom is 0.262 e. The zero-order chi connectivity index (χ0) is 17.5. The molecule has 0 heterocycles. The topological polar surface area (TPSA) is 53.2 Å². The Morgan fingerprint density at radius 3 is 2.67 bits per heavy atom. The van der Waals surface area contributed by atoms with Gasteiger partial charge in [-0.1, -0.05) is 40.2 Å². The van der Waals surface area contributed by atoms with Crippen LogP contribution in [0.15, 0.2) is 53.0 Å². The lowest BCUT2D eigenvalue weighted by atomic mass is 10.1. The first-order chi connectivity index (χ1) is 11.5. The number of halogens is 2. The molecule has 0 aliphatic heterocycles. The molecule has 1 amide bonds. The van der Waals surface area contributed by atoms with E-state index in [-0.39, 0.29) is 16.7 Å². The van der Waals surface area contributed by atoms with Gasteiger partial charge in [0.2, 0.25) is 0 Å². The Labute approximate surface area is 153 Å². The molecule has 0 atom stereocenters. The molecule has 0 aliphatic rings. The van der Waals surface area contributed by atoms with Crippen molar-refractivity contribution in [1.82, 2.24) is 10.9 Å². The van der Waals surface area contributed by atoms with Crippen LogP contribution >= 0.6 is 28.1 Å². The molecular formula is C17H15BrFN3OS. The fraction of sp³-hybridized carbons (Fsp3) is 0.0588. The zero-order valence-corrected chi connectivity index (χ0v) is 15.2. The van der Waals surface area contributed by atoms with Crippen LogP contribution in [0.4, 0.5) is 10.1 Å². The summed E-state index contributed by atoms with van der Waals surface area (Å²) < 4.78 is 14.4. The van der Waals surface area contributed by atoms with Gasteiger partial charge in [-0.05, 0) is 54.5 Å². The van der Waals surface area contributed by atoms with Crippen molar-refractivity contribution in [3.05, 3.63) is 70.0 Å². The van der Waals surface area contributed by atoms with Crippen molar-refractivity contribution in [2.75, 3.05) is 5.32 Å². The summed E-state index contributed by atoms with van der Waals surface area (Å²) >= 11 is 8.43. The number of anilines is 1. The second kappa shape index (κ2) is 8.56. The first kappa shape index (κ1) is 18.1. The van der Waals surface area contributed by atoms with Gasteiger partial charge in [-0.2, -0.15) is 0 Å². The number of hydrogen-bond donors (Lipinski definition) is 3. The van der Waals surface area contributed by atoms with Gasteiger partial charge in [-0.25, -0.2) is 4.39 Å². The SMILES string of the molecule is Cc1ccc(/C=C/C(=O)NNC(=S)Nc2ccccc2F)c(Br)c1. The summed E-state index contributed by atoms with van der Waals surface area (Å²) in [4.78, 5) is 11.8. The third kappa shape index (κ3) is 5.43. The van der Waals surface area contributed by atoms with E-state index in [1.165, 1.54) is 12.1 Å². The predicted octanol–water partition coefficient (Wildman–Crippen LogP) is 3.93. The molecule has 0 aliphatic carbocycles. The minimum absolute atomic E-state index is 0.0818. The van der Waals surface area contributed by atoms with Crippen LogP contribution in [-0.4, -0.2) is 11.0 Å². The number of rotatable bonds is 3. The van der Waals surface area contributed by atoms with E-state index in [1.54, 1.807) is 24.3 Å². The van der Waals surface area contributed by atoms with Gasteiger partial charge in [0.15, 0.2) is 5.11 Å². The van der Waals surface area contributed by atoms with Crippen molar-refractivity contribution in [3.63, 3.8) is 0 Å². The Balaban J connectivity index is 1.85. The van der Waals surface area contributed by atoms with Crippen LogP contribution in [0, 0.1) is 12.7 Å². The minimum Gasteiger partial charge on any atom is -0.329 e. The molecule has 0 unspecified atom stereocenters. The summed E-state index contributed by atoms with van der Waals surface area (Å²) in [6.45, 7) is 1.98. The molecule has 0 bridgehead atoms. The fourth-order valence-corrected chi connectivity index (χ4v) is 2.60. The van der Waals surface area contributed by atoms with Crippen LogP contribution in [0.5, 0.6) is 0 Å². The van der Waals surface area contributed by atoms with Gasteiger partial charge in [0.05, 0.1) is 5.69 Å². The molecule has 124 valence electrons. The number of nitrogens with one attached hydrogen (secondary N) is 3. The Hall–Kier alpha value is -2.25. The number of benzene rings is 2. The van der Waals surface area contributed by atoms with Crippen molar-refractivity contribution in [1.29, 1.82) is 0 Å². The maximum atomic E-state index is 13.5. The molecular weight excluding hydrogens is 393 g/mol. The second-order valence-electron chi connectivity index (χ2n) is 4.91. The van der Waals surface area contributed by atoms with Gasteiger partial charge in [0, 0.05) is 10.5 Å². The van der Waals surface area contributed by atoms with Crippen LogP contribution in [0.2, 0.25) is 0 Å². The van der Waals surface area contributed by atoms with E-state index in [0.29, 0.717) is 0 Å². The molecule has 3 N–H and O–H groups in total. The van der Waals surface area contributed by atoms with E-state index in [0.717, 1.165) is 15.6 Å². The van der Waals surface area contributed by atoms with Crippen LogP contribution in [-0.2, 0) is 4.79 Å². The van der Waals surface area contributed by atoms with Crippen LogP contribution < -0.4 is 16.2 Å². The number of hydrazine groups is 1. The molecule has 0 spiro atoms. The maximum absolute atomic E-state index is 13.5. The Morgan fingerprint density at radius 1 is 1.21 bits per heavy atom. The molecule has 24 heavy (non-hydrogen) atoms. The molecule has 7 heteroatoms. The van der Waals surface area contributed by atoms with Gasteiger partial charge >= 0.3 is 0 Å². The van der Waals surface area contributed by atoms with Crippen molar-refractivity contribution in [2.45, 2.75) is 6.92 Å². The highest BCUT2D eigenvalue weighted by Gasteiger charge is 2.03. The summed E-state index contributed by atoms with van der Waals surface area (Å²) in [6.07, 6.45) is 3.04. The highest BCUT2D eigenvalue weighted by atomic mass is 79.9. The van der Waals surface area contributed by atoms with Gasteiger partial charge in [0.1, 0.15) is 5.82 Å². The number of hydrogen-bond acceptors (Lipinski definition) is 2. The quantitative estimate of drug-likeness (QED) is 0.409. The van der Waals surface area contributed by atoms with E-state index in [1.807, 2.05) is 25.1 Å². The molecule has 0 saturated carbocycles. The number of aryl methyl sites for hydroxylation is 1. The Bertz CT molecular complexity index is 795. The highest BCUT2D eigenvalue weighted by Crippen LogP contribution is 2.19. The largest absolute Gasteiger partial charge is 0.329 e. The van der Waals surface area contributed by atoms with E-state index in [9.17, 15) is 9.18 Å². The molecule has 0 aromatic heterocycles. The molecule has 0 fully saturated rings. The standard InChI is InChI=1S/C17H15BrFN3OS/c1-11-6-7-12(13(18)10-11)8-9-16(23)21-22-17(24)20-15-5-3-2-4-14(15)19/h2-10H,1H3,(H,21,23)(H2,20,22,24)/b9-8+. The lowest BCUT2D eigenvalue weighted by molar-refractivity contribution is -0.116. The molecule has 2 aromatic rings. The first-order valence-electron chi connectivity index (χ1n) is 7.01. The zero-order valence-electron chi connectivity index (χ0n) is 12.8. The average Bonchev–Trinajstić information content (AvgIpc) is 2.54. The van der Waals surface area contributed by atoms with Gasteiger partial charge in [-0.3, -0.25) is 15.6 Å². The molecule has 0 radical (unpaired) electrons. The average molecular weight is 408 g/mol. The Morgan fingerprint density at radius 2 is 1.96 bits per heavy atom. The molecule has 2 rings (SSSR count). The van der Waals surface area contributed by atoms with Gasteiger partial charge in [0.25, 0.3) is 5.91 Å². The van der Waals surface area contributed by atoms with Crippen molar-refractivity contribution < 1.29 is 9.18 Å². The van der Waals surface area contributed by atoms with Crippen LogP contribution in [0.1, 0.15) is 11.1 Å². The van der Waals surface area contributed by atoms with Crippen LogP contribution in [0.3, 0.4) is 0 Å². The number of carbonyl (C=O) groups excluding carboxylic acids is 1. The van der Waals surface area contributed by atoms with Crippen molar-refractivity contribution >= 4 is 50.9 Å². The number of carbonyl (C=O) groups is 1. The molecule has 2 aromatic carbocycles.